The molecule has 0 amide bonds. The molecule has 8 nitrogen and oxygen atoms in total. The lowest BCUT2D eigenvalue weighted by Crippen LogP contribution is -2.27. The summed E-state index contributed by atoms with van der Waals surface area (Å²) in [6.45, 7) is 0.240. The van der Waals surface area contributed by atoms with Crippen LogP contribution in [0, 0.1) is 5.82 Å². The van der Waals surface area contributed by atoms with Gasteiger partial charge in [-0.15, -0.1) is 10.2 Å². The third kappa shape index (κ3) is 3.50. The van der Waals surface area contributed by atoms with E-state index in [4.69, 9.17) is 0 Å². The summed E-state index contributed by atoms with van der Waals surface area (Å²) in [4.78, 5) is 13.7. The number of tetrazole rings is 1. The summed E-state index contributed by atoms with van der Waals surface area (Å²) in [6.07, 6.45) is 1.71. The third-order valence-electron chi connectivity index (χ3n) is 4.48. The van der Waals surface area contributed by atoms with Gasteiger partial charge in [-0.05, 0) is 47.5 Å². The zero-order valence-electron chi connectivity index (χ0n) is 14.9. The fourth-order valence-corrected chi connectivity index (χ4v) is 4.12. The number of benzene rings is 2. The molecule has 28 heavy (non-hydrogen) atoms. The molecule has 0 spiro atoms. The van der Waals surface area contributed by atoms with Gasteiger partial charge in [0.25, 0.3) is 0 Å². The molecule has 1 aliphatic heterocycles. The maximum absolute atomic E-state index is 13.3. The minimum absolute atomic E-state index is 0.128. The minimum Gasteiger partial charge on any atom is -0.292 e. The summed E-state index contributed by atoms with van der Waals surface area (Å²) in [5.74, 6) is -0.417. The van der Waals surface area contributed by atoms with Crippen LogP contribution in [-0.2, 0) is 23.0 Å². The van der Waals surface area contributed by atoms with Crippen molar-refractivity contribution in [2.45, 2.75) is 13.0 Å². The molecule has 10 heteroatoms. The van der Waals surface area contributed by atoms with Gasteiger partial charge in [-0.3, -0.25) is 9.10 Å². The van der Waals surface area contributed by atoms with Crippen molar-refractivity contribution >= 4 is 21.5 Å². The number of carbonyl (C=O) groups excluding carboxylic acids is 1. The van der Waals surface area contributed by atoms with Crippen molar-refractivity contribution in [1.82, 2.24) is 20.2 Å². The predicted octanol–water partition coefficient (Wildman–Crippen LogP) is 1.68. The number of Topliss-reactive ketones (excluding diaryl/α,β-unsaturated/α-hetero) is 1. The number of aromatic nitrogens is 4. The van der Waals surface area contributed by atoms with Crippen LogP contribution in [0.1, 0.15) is 15.9 Å². The molecule has 0 radical (unpaired) electrons. The Bertz CT molecular complexity index is 1180. The van der Waals surface area contributed by atoms with E-state index in [1.165, 1.54) is 16.4 Å². The van der Waals surface area contributed by atoms with Crippen LogP contribution in [0.25, 0.3) is 11.4 Å². The number of halogens is 1. The number of nitrogens with zero attached hydrogens (tertiary/aromatic N) is 5. The minimum atomic E-state index is -3.33. The van der Waals surface area contributed by atoms with Crippen molar-refractivity contribution in [3.05, 3.63) is 59.4 Å². The van der Waals surface area contributed by atoms with Gasteiger partial charge in [-0.1, -0.05) is 12.1 Å². The number of fused-ring (bicyclic) bond motifs is 1. The quantitative estimate of drug-likeness (QED) is 0.604. The molecule has 0 fully saturated rings. The Labute approximate surface area is 160 Å². The normalized spacial score (nSPS) is 13.6. The van der Waals surface area contributed by atoms with Crippen LogP contribution in [0.15, 0.2) is 42.5 Å². The van der Waals surface area contributed by atoms with Crippen LogP contribution in [0.4, 0.5) is 10.1 Å². The van der Waals surface area contributed by atoms with Crippen molar-refractivity contribution in [1.29, 1.82) is 0 Å². The number of hydrogen-bond donors (Lipinski definition) is 0. The first kappa shape index (κ1) is 18.2. The zero-order valence-corrected chi connectivity index (χ0v) is 15.7. The zero-order chi connectivity index (χ0) is 19.9. The number of ketones is 1. The molecule has 0 unspecified atom stereocenters. The fraction of sp³-hybridized carbons (Fsp3) is 0.222. The molecule has 0 aliphatic carbocycles. The van der Waals surface area contributed by atoms with Crippen molar-refractivity contribution in [2.75, 3.05) is 17.1 Å². The molecule has 4 rings (SSSR count). The second-order valence-corrected chi connectivity index (χ2v) is 8.41. The number of sulfonamides is 1. The van der Waals surface area contributed by atoms with Gasteiger partial charge >= 0.3 is 0 Å². The molecular weight excluding hydrogens is 385 g/mol. The molecule has 0 bridgehead atoms. The van der Waals surface area contributed by atoms with Gasteiger partial charge in [-0.2, -0.15) is 4.80 Å². The molecular formula is C18H16FN5O3S. The average molecular weight is 401 g/mol. The molecule has 2 aromatic carbocycles. The Morgan fingerprint density at radius 3 is 2.79 bits per heavy atom. The summed E-state index contributed by atoms with van der Waals surface area (Å²) in [5.41, 5.74) is 2.32. The first-order chi connectivity index (χ1) is 13.3. The third-order valence-corrected chi connectivity index (χ3v) is 5.66. The number of rotatable bonds is 5. The SMILES string of the molecule is CS(=O)(=O)N1CCc2cc(C(=O)Cn3nnc(-c4cccc(F)c4)n3)ccc21. The van der Waals surface area contributed by atoms with Crippen molar-refractivity contribution in [3.8, 4) is 11.4 Å². The lowest BCUT2D eigenvalue weighted by Gasteiger charge is -2.16. The maximum atomic E-state index is 13.3. The summed E-state index contributed by atoms with van der Waals surface area (Å²) in [7, 11) is -3.33. The van der Waals surface area contributed by atoms with Gasteiger partial charge in [-0.25, -0.2) is 12.8 Å². The lowest BCUT2D eigenvalue weighted by molar-refractivity contribution is 0.0961. The Kier molecular flexibility index (Phi) is 4.42. The summed E-state index contributed by atoms with van der Waals surface area (Å²) in [6, 6.07) is 10.7. The second-order valence-electron chi connectivity index (χ2n) is 6.51. The van der Waals surface area contributed by atoms with E-state index >= 15 is 0 Å². The van der Waals surface area contributed by atoms with Gasteiger partial charge in [0.2, 0.25) is 15.8 Å². The molecule has 144 valence electrons. The Balaban J connectivity index is 1.52. The van der Waals surface area contributed by atoms with Crippen LogP contribution >= 0.6 is 0 Å². The highest BCUT2D eigenvalue weighted by molar-refractivity contribution is 7.92. The van der Waals surface area contributed by atoms with Crippen LogP contribution in [0.2, 0.25) is 0 Å². The van der Waals surface area contributed by atoms with Crippen LogP contribution in [0.5, 0.6) is 0 Å². The van der Waals surface area contributed by atoms with E-state index in [1.54, 1.807) is 30.3 Å². The molecule has 2 heterocycles. The monoisotopic (exact) mass is 401 g/mol. The molecule has 0 N–H and O–H groups in total. The van der Waals surface area contributed by atoms with E-state index in [-0.39, 0.29) is 18.2 Å². The van der Waals surface area contributed by atoms with Gasteiger partial charge in [0, 0.05) is 17.7 Å². The van der Waals surface area contributed by atoms with Gasteiger partial charge in [0.15, 0.2) is 5.78 Å². The highest BCUT2D eigenvalue weighted by Crippen LogP contribution is 2.30. The molecule has 3 aromatic rings. The molecule has 0 saturated carbocycles. The van der Waals surface area contributed by atoms with Gasteiger partial charge < -0.3 is 0 Å². The lowest BCUT2D eigenvalue weighted by atomic mass is 10.1. The van der Waals surface area contributed by atoms with E-state index in [2.05, 4.69) is 15.4 Å². The molecule has 1 aromatic heterocycles. The van der Waals surface area contributed by atoms with Crippen molar-refractivity contribution in [2.24, 2.45) is 0 Å². The largest absolute Gasteiger partial charge is 0.292 e. The number of hydrogen-bond acceptors (Lipinski definition) is 6. The summed E-state index contributed by atoms with van der Waals surface area (Å²) in [5, 5.41) is 11.8. The standard InChI is InChI=1S/C18H16FN5O3S/c1-28(26,27)23-8-7-12-9-13(5-6-16(12)23)17(25)11-24-21-18(20-22-24)14-3-2-4-15(19)10-14/h2-6,9-10H,7-8,11H2,1H3. The molecule has 0 saturated heterocycles. The average Bonchev–Trinajstić information content (AvgIpc) is 3.27. The topological polar surface area (TPSA) is 98.1 Å². The van der Waals surface area contributed by atoms with Crippen molar-refractivity contribution < 1.29 is 17.6 Å². The van der Waals surface area contributed by atoms with E-state index in [9.17, 15) is 17.6 Å². The highest BCUT2D eigenvalue weighted by Gasteiger charge is 2.26. The number of carbonyl (C=O) groups is 1. The van der Waals surface area contributed by atoms with Gasteiger partial charge in [0.05, 0.1) is 11.9 Å². The summed E-state index contributed by atoms with van der Waals surface area (Å²) >= 11 is 0. The van der Waals surface area contributed by atoms with Gasteiger partial charge in [0.1, 0.15) is 12.4 Å². The smallest absolute Gasteiger partial charge is 0.232 e. The Morgan fingerprint density at radius 2 is 2.04 bits per heavy atom. The first-order valence-electron chi connectivity index (χ1n) is 8.49. The highest BCUT2D eigenvalue weighted by atomic mass is 32.2. The van der Waals surface area contributed by atoms with E-state index in [1.807, 2.05) is 0 Å². The fourth-order valence-electron chi connectivity index (χ4n) is 3.16. The summed E-state index contributed by atoms with van der Waals surface area (Å²) < 4.78 is 38.3. The molecule has 0 atom stereocenters. The van der Waals surface area contributed by atoms with Crippen LogP contribution < -0.4 is 4.31 Å². The maximum Gasteiger partial charge on any atom is 0.232 e. The second kappa shape index (κ2) is 6.79. The van der Waals surface area contributed by atoms with Crippen LogP contribution in [0.3, 0.4) is 0 Å². The number of anilines is 1. The Morgan fingerprint density at radius 1 is 1.21 bits per heavy atom. The Hall–Kier alpha value is -3.14. The first-order valence-corrected chi connectivity index (χ1v) is 10.3. The molecule has 1 aliphatic rings. The van der Waals surface area contributed by atoms with Crippen LogP contribution in [-0.4, -0.2) is 47.2 Å². The van der Waals surface area contributed by atoms with E-state index < -0.39 is 15.8 Å². The van der Waals surface area contributed by atoms with E-state index in [0.29, 0.717) is 29.8 Å². The van der Waals surface area contributed by atoms with Crippen molar-refractivity contribution in [3.63, 3.8) is 0 Å². The van der Waals surface area contributed by atoms with E-state index in [0.717, 1.165) is 16.6 Å². The predicted molar refractivity (Wildman–Crippen MR) is 99.9 cm³/mol.